The molecule has 0 heterocycles. The molecule has 0 amide bonds. The van der Waals surface area contributed by atoms with Crippen molar-refractivity contribution >= 4 is 90.4 Å². The molecular weight excluding hydrogens is 628 g/mol. The van der Waals surface area contributed by atoms with E-state index in [0.29, 0.717) is 0 Å². The molecule has 0 radical (unpaired) electrons. The summed E-state index contributed by atoms with van der Waals surface area (Å²) in [5.74, 6) is 0. The molecule has 0 aliphatic rings. The zero-order valence-electron chi connectivity index (χ0n) is 8.09. The molecule has 4 heteroatoms. The van der Waals surface area contributed by atoms with Crippen LogP contribution in [-0.4, -0.2) is 0 Å². The lowest BCUT2D eigenvalue weighted by molar-refractivity contribution is 0.585. The third kappa shape index (κ3) is 3.08. The second-order valence-electron chi connectivity index (χ2n) is 4.10. The van der Waals surface area contributed by atoms with Gasteiger partial charge in [-0.05, 0) is 107 Å². The van der Waals surface area contributed by atoms with E-state index in [2.05, 4.69) is 117 Å². The standard InChI is InChI=1S/C10H10I4/c1-10(2,3)5-4-6(11)8(13)9(14)7(5)12/h4H,1-3H3. The number of halogens is 4. The second-order valence-corrected chi connectivity index (χ2v) is 8.50. The maximum absolute atomic E-state index is 2.46. The van der Waals surface area contributed by atoms with Gasteiger partial charge in [0.1, 0.15) is 0 Å². The van der Waals surface area contributed by atoms with Gasteiger partial charge in [0.05, 0.1) is 0 Å². The van der Waals surface area contributed by atoms with E-state index in [-0.39, 0.29) is 5.41 Å². The van der Waals surface area contributed by atoms with Crippen molar-refractivity contribution in [2.24, 2.45) is 0 Å². The van der Waals surface area contributed by atoms with E-state index in [4.69, 9.17) is 0 Å². The predicted octanol–water partition coefficient (Wildman–Crippen LogP) is 5.40. The summed E-state index contributed by atoms with van der Waals surface area (Å²) >= 11 is 9.73. The fourth-order valence-corrected chi connectivity index (χ4v) is 4.97. The molecule has 0 unspecified atom stereocenters. The highest BCUT2D eigenvalue weighted by Gasteiger charge is 2.21. The van der Waals surface area contributed by atoms with Crippen LogP contribution in [0.1, 0.15) is 26.3 Å². The van der Waals surface area contributed by atoms with Gasteiger partial charge in [0.25, 0.3) is 0 Å². The van der Waals surface area contributed by atoms with Crippen molar-refractivity contribution in [1.29, 1.82) is 0 Å². The van der Waals surface area contributed by atoms with Gasteiger partial charge in [0.2, 0.25) is 0 Å². The fraction of sp³-hybridized carbons (Fsp3) is 0.400. The zero-order valence-corrected chi connectivity index (χ0v) is 16.7. The zero-order chi connectivity index (χ0) is 11.1. The van der Waals surface area contributed by atoms with Gasteiger partial charge < -0.3 is 0 Å². The molecule has 78 valence electrons. The Hall–Kier alpha value is 2.14. The van der Waals surface area contributed by atoms with E-state index in [9.17, 15) is 0 Å². The van der Waals surface area contributed by atoms with Crippen LogP contribution in [0.25, 0.3) is 0 Å². The summed E-state index contributed by atoms with van der Waals surface area (Å²) in [6, 6.07) is 2.31. The minimum absolute atomic E-state index is 0.237. The molecule has 0 saturated heterocycles. The van der Waals surface area contributed by atoms with E-state index < -0.39 is 0 Å². The molecule has 0 saturated carbocycles. The molecule has 0 atom stereocenters. The van der Waals surface area contributed by atoms with Crippen LogP contribution in [-0.2, 0) is 5.41 Å². The van der Waals surface area contributed by atoms with Gasteiger partial charge >= 0.3 is 0 Å². The molecule has 1 rings (SSSR count). The normalized spacial score (nSPS) is 11.9. The minimum atomic E-state index is 0.237. The summed E-state index contributed by atoms with van der Waals surface area (Å²) in [4.78, 5) is 0. The Kier molecular flexibility index (Phi) is 5.27. The molecule has 0 aliphatic heterocycles. The van der Waals surface area contributed by atoms with Crippen LogP contribution in [0.3, 0.4) is 0 Å². The second kappa shape index (κ2) is 5.19. The maximum Gasteiger partial charge on any atom is 0.0411 e. The monoisotopic (exact) mass is 638 g/mol. The van der Waals surface area contributed by atoms with Gasteiger partial charge in [-0.25, -0.2) is 0 Å². The van der Waals surface area contributed by atoms with Crippen LogP contribution in [0.2, 0.25) is 0 Å². The maximum atomic E-state index is 2.46. The van der Waals surface area contributed by atoms with Crippen LogP contribution in [0.5, 0.6) is 0 Å². The third-order valence-corrected chi connectivity index (χ3v) is 9.18. The topological polar surface area (TPSA) is 0 Å². The summed E-state index contributed by atoms with van der Waals surface area (Å²) in [5.41, 5.74) is 1.69. The molecule has 0 N–H and O–H groups in total. The SMILES string of the molecule is CC(C)(C)c1cc(I)c(I)c(I)c1I. The molecule has 0 aromatic heterocycles. The lowest BCUT2D eigenvalue weighted by atomic mass is 9.87. The largest absolute Gasteiger partial charge is 0.0560 e. The smallest absolute Gasteiger partial charge is 0.0411 e. The molecule has 0 aliphatic carbocycles. The number of hydrogen-bond acceptors (Lipinski definition) is 0. The van der Waals surface area contributed by atoms with Crippen molar-refractivity contribution in [2.45, 2.75) is 26.2 Å². The van der Waals surface area contributed by atoms with E-state index in [1.54, 1.807) is 0 Å². The lowest BCUT2D eigenvalue weighted by Gasteiger charge is -2.22. The van der Waals surface area contributed by atoms with Crippen LogP contribution >= 0.6 is 90.4 Å². The van der Waals surface area contributed by atoms with Crippen LogP contribution in [0.4, 0.5) is 0 Å². The average molecular weight is 638 g/mol. The quantitative estimate of drug-likeness (QED) is 0.203. The van der Waals surface area contributed by atoms with E-state index in [1.807, 2.05) is 0 Å². The Balaban J connectivity index is 3.49. The highest BCUT2D eigenvalue weighted by molar-refractivity contribution is 14.1. The van der Waals surface area contributed by atoms with E-state index in [0.717, 1.165) is 0 Å². The first-order valence-electron chi connectivity index (χ1n) is 4.08. The number of rotatable bonds is 0. The molecular formula is C10H10I4. The van der Waals surface area contributed by atoms with Gasteiger partial charge in [0, 0.05) is 14.3 Å². The lowest BCUT2D eigenvalue weighted by Crippen LogP contribution is -2.15. The van der Waals surface area contributed by atoms with Gasteiger partial charge in [-0.1, -0.05) is 20.8 Å². The molecule has 0 fully saturated rings. The predicted molar refractivity (Wildman–Crippen MR) is 96.0 cm³/mol. The van der Waals surface area contributed by atoms with Crippen LogP contribution in [0, 0.1) is 14.3 Å². The summed E-state index contributed by atoms with van der Waals surface area (Å²) in [6.45, 7) is 6.80. The van der Waals surface area contributed by atoms with Gasteiger partial charge in [-0.3, -0.25) is 0 Å². The third-order valence-electron chi connectivity index (χ3n) is 1.91. The van der Waals surface area contributed by atoms with Crippen molar-refractivity contribution in [2.75, 3.05) is 0 Å². The van der Waals surface area contributed by atoms with Crippen molar-refractivity contribution in [1.82, 2.24) is 0 Å². The Labute approximate surface area is 140 Å². The summed E-state index contributed by atoms with van der Waals surface area (Å²) < 4.78 is 5.53. The van der Waals surface area contributed by atoms with Crippen molar-refractivity contribution in [3.63, 3.8) is 0 Å². The number of hydrogen-bond donors (Lipinski definition) is 0. The number of benzene rings is 1. The summed E-state index contributed by atoms with van der Waals surface area (Å²) in [6.07, 6.45) is 0. The summed E-state index contributed by atoms with van der Waals surface area (Å²) in [7, 11) is 0. The average Bonchev–Trinajstić information content (AvgIpc) is 2.06. The highest BCUT2D eigenvalue weighted by atomic mass is 127. The van der Waals surface area contributed by atoms with Crippen LogP contribution in [0.15, 0.2) is 6.07 Å². The Bertz CT molecular complexity index is 363. The first-order valence-corrected chi connectivity index (χ1v) is 8.40. The van der Waals surface area contributed by atoms with Crippen molar-refractivity contribution in [3.05, 3.63) is 25.9 Å². The molecule has 0 nitrogen and oxygen atoms in total. The van der Waals surface area contributed by atoms with Gasteiger partial charge in [0.15, 0.2) is 0 Å². The van der Waals surface area contributed by atoms with E-state index >= 15 is 0 Å². The van der Waals surface area contributed by atoms with Crippen molar-refractivity contribution in [3.8, 4) is 0 Å². The Morgan fingerprint density at radius 2 is 1.36 bits per heavy atom. The molecule has 0 bridgehead atoms. The molecule has 14 heavy (non-hydrogen) atoms. The minimum Gasteiger partial charge on any atom is -0.0560 e. The van der Waals surface area contributed by atoms with Gasteiger partial charge in [-0.15, -0.1) is 0 Å². The van der Waals surface area contributed by atoms with Crippen molar-refractivity contribution < 1.29 is 0 Å². The van der Waals surface area contributed by atoms with Gasteiger partial charge in [-0.2, -0.15) is 0 Å². The summed E-state index contributed by atoms with van der Waals surface area (Å²) in [5, 5.41) is 0. The molecule has 0 spiro atoms. The first kappa shape index (κ1) is 14.2. The first-order chi connectivity index (χ1) is 6.25. The highest BCUT2D eigenvalue weighted by Crippen LogP contribution is 2.34. The molecule has 1 aromatic rings. The van der Waals surface area contributed by atoms with Crippen LogP contribution < -0.4 is 0 Å². The fourth-order valence-electron chi connectivity index (χ4n) is 1.12. The Morgan fingerprint density at radius 1 is 0.857 bits per heavy atom. The molecule has 1 aromatic carbocycles. The Morgan fingerprint density at radius 3 is 1.79 bits per heavy atom. The van der Waals surface area contributed by atoms with E-state index in [1.165, 1.54) is 19.8 Å².